The molecule has 6 amide bonds. The number of hydrogen-bond donors (Lipinski definition) is 5. The van der Waals surface area contributed by atoms with Gasteiger partial charge in [0.05, 0.1) is 90.3 Å². The van der Waals surface area contributed by atoms with Crippen molar-refractivity contribution in [2.24, 2.45) is 21.7 Å². The summed E-state index contributed by atoms with van der Waals surface area (Å²) in [6.07, 6.45) is 16.1. The highest BCUT2D eigenvalue weighted by Gasteiger charge is 2.53. The van der Waals surface area contributed by atoms with Crippen LogP contribution in [-0.2, 0) is 53.2 Å². The highest BCUT2D eigenvalue weighted by atomic mass is 16.6. The number of aliphatic hydroxyl groups excluding tert-OH is 4. The van der Waals surface area contributed by atoms with Gasteiger partial charge >= 0.3 is 18.1 Å². The number of methoxy groups -OCH3 is 4. The summed E-state index contributed by atoms with van der Waals surface area (Å²) in [5.74, 6) is 4.99. The van der Waals surface area contributed by atoms with Gasteiger partial charge in [0.2, 0.25) is 17.7 Å². The van der Waals surface area contributed by atoms with Gasteiger partial charge in [0.25, 0.3) is 0 Å². The summed E-state index contributed by atoms with van der Waals surface area (Å²) in [7, 11) is 8.69. The molecule has 7 aromatic rings. The minimum atomic E-state index is -0.632. The van der Waals surface area contributed by atoms with Crippen molar-refractivity contribution in [2.45, 2.75) is 270 Å². The molecule has 0 bridgehead atoms. The summed E-state index contributed by atoms with van der Waals surface area (Å²) in [4.78, 5) is 88.3. The molecule has 4 saturated carbocycles. The number of nitrogens with zero attached hydrogens (tertiary/aromatic N) is 6. The van der Waals surface area contributed by atoms with Gasteiger partial charge in [-0.05, 0) is 225 Å². The third-order valence-corrected chi connectivity index (χ3v) is 31.5. The molecule has 0 spiro atoms. The van der Waals surface area contributed by atoms with E-state index in [1.54, 1.807) is 52.1 Å². The zero-order valence-corrected chi connectivity index (χ0v) is 85.4. The third-order valence-electron chi connectivity index (χ3n) is 31.5. The number of likely N-dealkylation sites (tertiary alicyclic amines) is 4. The Morgan fingerprint density at radius 3 is 0.979 bits per heavy atom. The molecule has 5 saturated heterocycles. The Morgan fingerprint density at radius 2 is 0.652 bits per heavy atom. The number of urea groups is 1. The number of rotatable bonds is 34. The Labute approximate surface area is 834 Å². The van der Waals surface area contributed by atoms with Crippen LogP contribution in [0.5, 0.6) is 46.0 Å². The molecule has 5 N–H and O–H groups in total. The fraction of sp³-hybridized carbons (Fsp3) is 0.575. The molecule has 0 aromatic heterocycles. The number of ether oxygens (including phenoxy) is 11. The van der Waals surface area contributed by atoms with Crippen molar-refractivity contribution < 1.29 is 101 Å². The van der Waals surface area contributed by atoms with Crippen LogP contribution in [0, 0.1) is 21.7 Å². The van der Waals surface area contributed by atoms with Crippen molar-refractivity contribution in [3.63, 3.8) is 0 Å². The molecule has 12 atom stereocenters. The summed E-state index contributed by atoms with van der Waals surface area (Å²) in [5, 5.41) is 45.7. The average molecular weight is 1950 g/mol. The lowest BCUT2D eigenvalue weighted by Gasteiger charge is -2.36. The molecule has 16 rings (SSSR count). The van der Waals surface area contributed by atoms with E-state index in [-0.39, 0.29) is 117 Å². The number of piperazine rings is 1. The number of benzene rings is 7. The number of carbonyl (C=O) groups excluding carboxylic acids is 6. The quantitative estimate of drug-likeness (QED) is 0.0234. The minimum absolute atomic E-state index is 0.0238. The van der Waals surface area contributed by atoms with Crippen LogP contribution in [0.2, 0.25) is 0 Å². The molecule has 9 fully saturated rings. The Hall–Kier alpha value is -10.9. The number of aliphatic hydroxyl groups is 4. The first-order chi connectivity index (χ1) is 67.8. The maximum absolute atomic E-state index is 13.3. The lowest BCUT2D eigenvalue weighted by molar-refractivity contribution is -0.147. The van der Waals surface area contributed by atoms with Crippen LogP contribution >= 0.6 is 0 Å². The van der Waals surface area contributed by atoms with E-state index in [2.05, 4.69) is 43.2 Å². The summed E-state index contributed by atoms with van der Waals surface area (Å²) >= 11 is 0. The standard InChI is InChI=1S/C30H40N2O6.C30H39NO6.C28H37NO5.C25H39N3O4/c1-21(33)30(2)20-32(28(34)15-16-31-29(35)37-19-22-9-5-4-6-10-22)18-25(30)23-13-14-26(36-3)27(17-23)38-24-11-7-8-12-24;1-21(32)30(2)20-31(28(33)15-16-29(34)36-19-22-9-5-4-6-10-22)18-25(30)23-13-14-26(35-3)27(17-23)37-24-11-7-8-12-24;1-20(30)28(2)19-29(27(31)18-33-17-21-9-5-4-6-10-21)16-24(28)22-13-14-25(32-3)26(15-22)34-23-11-7-8-12-23;1-18(29)25(2)17-28(24(30)27-13-11-26(3)12-14-27)16-21(25)19-9-10-22(31-4)23(15-19)32-20-7-5-6-8-20/h4-6,9-10,13-14,17,21,24-25,33H,7-8,11-12,15-16,18-20H2,1-3H3,(H,31,35);4-6,9-10,13-14,17,21,24-25,32H,7-8,11-12,15-16,18-20H2,1-3H3;4-6,9-10,13-15,20,23-24,30H,7-8,11-12,16-19H2,1-3H3;9-10,15,18,20-21,29H,5-8,11-14,16-17H2,1-4H3/t2*21-,25+,30+;20-,24+,28+;18-,21+,25+/m1111/s1. The topological polar surface area (TPSA) is 316 Å². The van der Waals surface area contributed by atoms with E-state index in [1.807, 2.05) is 194 Å². The lowest BCUT2D eigenvalue weighted by Crippen LogP contribution is -2.51. The number of hydrogen-bond acceptors (Lipinski definition) is 22. The van der Waals surface area contributed by atoms with Crippen LogP contribution in [0.25, 0.3) is 0 Å². The SMILES string of the molecule is COc1ccc([C@@H]2CN(C(=O)CCC(=O)OCc3ccccc3)C[C@@]2(C)[C@@H](C)O)cc1OC1CCCC1.COc1ccc([C@@H]2CN(C(=O)CCNC(=O)OCc3ccccc3)C[C@@]2(C)[C@@H](C)O)cc1OC1CCCC1.COc1ccc([C@@H]2CN(C(=O)COCc3ccccc3)C[C@@]2(C)[C@@H](C)O)cc1OC1CCCC1.COc1ccc([C@@H]2CN(C(=O)N3CCN(C)CC3)C[C@@]2(C)[C@@H](C)O)cc1OC1CCCC1. The predicted molar refractivity (Wildman–Crippen MR) is 540 cm³/mol. The van der Waals surface area contributed by atoms with Crippen molar-refractivity contribution in [3.05, 3.63) is 203 Å². The van der Waals surface area contributed by atoms with Gasteiger partial charge in [0.15, 0.2) is 46.0 Å². The smallest absolute Gasteiger partial charge is 0.407 e. The first kappa shape index (κ1) is 107. The number of amides is 6. The molecular weight excluding hydrogens is 1790 g/mol. The van der Waals surface area contributed by atoms with E-state index in [0.29, 0.717) is 82.0 Å². The number of esters is 1. The summed E-state index contributed by atoms with van der Waals surface area (Å²) in [6, 6.07) is 52.8. The van der Waals surface area contributed by atoms with Gasteiger partial charge in [-0.3, -0.25) is 19.2 Å². The van der Waals surface area contributed by atoms with Crippen LogP contribution in [-0.4, -0.2) is 262 Å². The maximum Gasteiger partial charge on any atom is 0.407 e. The zero-order chi connectivity index (χ0) is 101. The third kappa shape index (κ3) is 27.8. The molecule has 768 valence electrons. The Morgan fingerprint density at radius 1 is 0.355 bits per heavy atom. The van der Waals surface area contributed by atoms with Gasteiger partial charge in [0, 0.05) is 143 Å². The lowest BCUT2D eigenvalue weighted by atomic mass is 9.72. The first-order valence-electron chi connectivity index (χ1n) is 51.2. The second-order valence-corrected chi connectivity index (χ2v) is 41.3. The van der Waals surface area contributed by atoms with E-state index in [9.17, 15) is 49.2 Å². The second kappa shape index (κ2) is 50.4. The number of carbonyl (C=O) groups is 6. The molecular formula is C113H155N7O21. The molecule has 9 aliphatic rings. The maximum atomic E-state index is 13.3. The van der Waals surface area contributed by atoms with Crippen molar-refractivity contribution in [1.82, 2.24) is 34.7 Å². The van der Waals surface area contributed by atoms with E-state index < -0.39 is 58.1 Å². The molecule has 141 heavy (non-hydrogen) atoms. The van der Waals surface area contributed by atoms with E-state index >= 15 is 0 Å². The van der Waals surface area contributed by atoms with Crippen LogP contribution in [0.4, 0.5) is 9.59 Å². The summed E-state index contributed by atoms with van der Waals surface area (Å²) < 4.78 is 63.7. The van der Waals surface area contributed by atoms with Gasteiger partial charge in [-0.15, -0.1) is 0 Å². The fourth-order valence-corrected chi connectivity index (χ4v) is 21.7. The summed E-state index contributed by atoms with van der Waals surface area (Å²) in [6.45, 7) is 23.7. The fourth-order valence-electron chi connectivity index (χ4n) is 21.7. The number of nitrogens with one attached hydrogen (secondary N) is 1. The van der Waals surface area contributed by atoms with Gasteiger partial charge < -0.3 is 107 Å². The van der Waals surface area contributed by atoms with Crippen LogP contribution < -0.4 is 43.2 Å². The Bertz CT molecular complexity index is 5180. The highest BCUT2D eigenvalue weighted by molar-refractivity contribution is 5.82. The molecule has 7 aromatic carbocycles. The summed E-state index contributed by atoms with van der Waals surface area (Å²) in [5.41, 5.74) is 5.04. The van der Waals surface area contributed by atoms with Crippen LogP contribution in [0.3, 0.4) is 0 Å². The molecule has 5 aliphatic heterocycles. The molecule has 0 unspecified atom stereocenters. The molecule has 0 radical (unpaired) electrons. The van der Waals surface area contributed by atoms with Gasteiger partial charge in [-0.25, -0.2) is 9.59 Å². The van der Waals surface area contributed by atoms with Gasteiger partial charge in [0.1, 0.15) is 19.8 Å². The van der Waals surface area contributed by atoms with Gasteiger partial charge in [-0.1, -0.05) is 143 Å². The van der Waals surface area contributed by atoms with Crippen molar-refractivity contribution in [3.8, 4) is 46.0 Å². The van der Waals surface area contributed by atoms with E-state index in [1.165, 1.54) is 51.4 Å². The Balaban J connectivity index is 0.000000158. The first-order valence-corrected chi connectivity index (χ1v) is 51.2. The van der Waals surface area contributed by atoms with Crippen LogP contribution in [0.15, 0.2) is 164 Å². The monoisotopic (exact) mass is 1950 g/mol. The van der Waals surface area contributed by atoms with Gasteiger partial charge in [-0.2, -0.15) is 0 Å². The number of likely N-dealkylation sites (N-methyl/N-ethyl adjacent to an activating group) is 1. The predicted octanol–water partition coefficient (Wildman–Crippen LogP) is 17.2. The second-order valence-electron chi connectivity index (χ2n) is 41.3. The minimum Gasteiger partial charge on any atom is -0.493 e. The van der Waals surface area contributed by atoms with Crippen molar-refractivity contribution in [2.75, 3.05) is 127 Å². The largest absolute Gasteiger partial charge is 0.493 e. The molecule has 28 nitrogen and oxygen atoms in total. The normalized spacial score (nSPS) is 24.0. The Kier molecular flexibility index (Phi) is 38.4. The van der Waals surface area contributed by atoms with Crippen LogP contribution in [0.1, 0.15) is 240 Å². The average Bonchev–Trinajstić information content (AvgIpc) is 1.62. The number of alkyl carbamates (subject to hydrolysis) is 1. The van der Waals surface area contributed by atoms with Crippen molar-refractivity contribution in [1.29, 1.82) is 0 Å². The van der Waals surface area contributed by atoms with Crippen molar-refractivity contribution >= 4 is 35.8 Å². The molecule has 28 heteroatoms. The van der Waals surface area contributed by atoms with E-state index in [0.717, 1.165) is 139 Å². The molecule has 5 heterocycles. The highest BCUT2D eigenvalue weighted by Crippen LogP contribution is 2.53. The van der Waals surface area contributed by atoms with E-state index in [4.69, 9.17) is 52.1 Å². The molecule has 4 aliphatic carbocycles. The zero-order valence-electron chi connectivity index (χ0n) is 85.4.